The Morgan fingerprint density at radius 2 is 1.02 bits per heavy atom. The Balaban J connectivity index is 0.000000751. The first kappa shape index (κ1) is 49.9. The van der Waals surface area contributed by atoms with Crippen molar-refractivity contribution in [2.24, 2.45) is 0 Å². The number of hydrogen-bond donors (Lipinski definition) is 3. The molecule has 0 aliphatic carbocycles. The highest BCUT2D eigenvalue weighted by molar-refractivity contribution is 5.91. The van der Waals surface area contributed by atoms with Gasteiger partial charge in [-0.05, 0) is 92.1 Å². The molecular formula is C41H46O16. The van der Waals surface area contributed by atoms with E-state index in [4.69, 9.17) is 24.4 Å². The predicted octanol–water partition coefficient (Wildman–Crippen LogP) is 5.09. The molecule has 3 aromatic rings. The molecule has 0 spiro atoms. The molecule has 0 saturated carbocycles. The normalized spacial score (nSPS) is 9.35. The number of carbonyl (C=O) groups excluding carboxylic acids is 8. The minimum Gasteiger partial charge on any atom is -0.508 e. The standard InChI is InChI=1S/C14H12O4.2C10H14O5.C7H6O2/c1-9-8-12(16)6-7-13(9)18-14(17)10-2-4-11(15)5-3-10;2*1-2-9(12)14-7-8-15-10(13)5-3-4-6-11;8-5-6-1-3-7(9)4-2-6/h2-8,15-16H,1H3;2*2,6H,1,3-5,7-8H2;1-5,9H. The van der Waals surface area contributed by atoms with Crippen LogP contribution in [0.5, 0.6) is 23.0 Å². The Kier molecular flexibility index (Phi) is 27.4. The summed E-state index contributed by atoms with van der Waals surface area (Å²) in [4.78, 5) is 84.7. The van der Waals surface area contributed by atoms with Gasteiger partial charge in [-0.25, -0.2) is 14.4 Å². The molecule has 3 N–H and O–H groups in total. The van der Waals surface area contributed by atoms with E-state index in [0.29, 0.717) is 48.1 Å². The predicted molar refractivity (Wildman–Crippen MR) is 203 cm³/mol. The van der Waals surface area contributed by atoms with Gasteiger partial charge in [-0.1, -0.05) is 13.2 Å². The highest BCUT2D eigenvalue weighted by Gasteiger charge is 2.10. The molecule has 3 rings (SSSR count). The van der Waals surface area contributed by atoms with Gasteiger partial charge in [-0.15, -0.1) is 0 Å². The number of aromatic hydroxyl groups is 3. The Morgan fingerprint density at radius 3 is 1.42 bits per heavy atom. The molecule has 0 aliphatic heterocycles. The molecule has 57 heavy (non-hydrogen) atoms. The molecule has 0 amide bonds. The Hall–Kier alpha value is -7.10. The minimum absolute atomic E-state index is 0.0181. The van der Waals surface area contributed by atoms with Crippen molar-refractivity contribution in [1.29, 1.82) is 0 Å². The van der Waals surface area contributed by atoms with Gasteiger partial charge in [0.15, 0.2) is 0 Å². The van der Waals surface area contributed by atoms with Gasteiger partial charge in [0.25, 0.3) is 0 Å². The first-order chi connectivity index (χ1) is 27.3. The highest BCUT2D eigenvalue weighted by atomic mass is 16.6. The number of carbonyl (C=O) groups is 8. The van der Waals surface area contributed by atoms with Gasteiger partial charge < -0.3 is 48.6 Å². The summed E-state index contributed by atoms with van der Waals surface area (Å²) in [6, 6.07) is 16.4. The smallest absolute Gasteiger partial charge is 0.343 e. The fraction of sp³-hybridized carbons (Fsp3) is 0.268. The number of ether oxygens (including phenoxy) is 5. The molecule has 16 nitrogen and oxygen atoms in total. The molecule has 0 heterocycles. The molecule has 0 unspecified atom stereocenters. The number of esters is 5. The number of unbranched alkanes of at least 4 members (excludes halogenated alkanes) is 2. The second-order valence-corrected chi connectivity index (χ2v) is 10.9. The van der Waals surface area contributed by atoms with Crippen LogP contribution in [0.1, 0.15) is 64.8 Å². The number of rotatable bonds is 19. The van der Waals surface area contributed by atoms with Gasteiger partial charge in [-0.3, -0.25) is 14.4 Å². The third kappa shape index (κ3) is 26.3. The fourth-order valence-corrected chi connectivity index (χ4v) is 3.57. The number of aldehydes is 3. The minimum atomic E-state index is -0.549. The van der Waals surface area contributed by atoms with E-state index < -0.39 is 29.8 Å². The van der Waals surface area contributed by atoms with Gasteiger partial charge in [0.2, 0.25) is 0 Å². The second-order valence-electron chi connectivity index (χ2n) is 10.9. The summed E-state index contributed by atoms with van der Waals surface area (Å²) in [6.07, 6.45) is 6.36. The Labute approximate surface area is 329 Å². The molecule has 0 bridgehead atoms. The fourth-order valence-electron chi connectivity index (χ4n) is 3.57. The molecule has 0 atom stereocenters. The first-order valence-electron chi connectivity index (χ1n) is 17.1. The van der Waals surface area contributed by atoms with E-state index in [0.717, 1.165) is 31.0 Å². The van der Waals surface area contributed by atoms with Gasteiger partial charge >= 0.3 is 29.8 Å². The lowest BCUT2D eigenvalue weighted by Crippen LogP contribution is -2.12. The van der Waals surface area contributed by atoms with Crippen molar-refractivity contribution in [3.63, 3.8) is 0 Å². The zero-order chi connectivity index (χ0) is 42.8. The molecule has 0 radical (unpaired) electrons. The van der Waals surface area contributed by atoms with Crippen LogP contribution in [0.15, 0.2) is 92.0 Å². The quantitative estimate of drug-likeness (QED) is 0.0357. The van der Waals surface area contributed by atoms with Crippen LogP contribution in [-0.2, 0) is 47.7 Å². The highest BCUT2D eigenvalue weighted by Crippen LogP contribution is 2.23. The lowest BCUT2D eigenvalue weighted by molar-refractivity contribution is -0.149. The summed E-state index contributed by atoms with van der Waals surface area (Å²) in [5, 5.41) is 27.1. The van der Waals surface area contributed by atoms with Crippen molar-refractivity contribution < 1.29 is 77.4 Å². The van der Waals surface area contributed by atoms with E-state index in [1.165, 1.54) is 54.6 Å². The molecule has 0 aliphatic rings. The Morgan fingerprint density at radius 1 is 0.596 bits per heavy atom. The van der Waals surface area contributed by atoms with Gasteiger partial charge in [0.05, 0.1) is 5.56 Å². The first-order valence-corrected chi connectivity index (χ1v) is 17.1. The lowest BCUT2D eigenvalue weighted by atomic mass is 10.2. The molecular weight excluding hydrogens is 748 g/mol. The van der Waals surface area contributed by atoms with Crippen LogP contribution in [-0.4, -0.2) is 90.5 Å². The zero-order valence-corrected chi connectivity index (χ0v) is 31.4. The topological polar surface area (TPSA) is 243 Å². The maximum atomic E-state index is 11.8. The van der Waals surface area contributed by atoms with Crippen molar-refractivity contribution in [1.82, 2.24) is 0 Å². The summed E-state index contributed by atoms with van der Waals surface area (Å²) in [6.45, 7) is 8.24. The van der Waals surface area contributed by atoms with Crippen LogP contribution in [0.25, 0.3) is 0 Å². The molecule has 16 heteroatoms. The van der Waals surface area contributed by atoms with Crippen molar-refractivity contribution in [3.05, 3.63) is 109 Å². The maximum Gasteiger partial charge on any atom is 0.343 e. The van der Waals surface area contributed by atoms with E-state index >= 15 is 0 Å². The van der Waals surface area contributed by atoms with Gasteiger partial charge in [0.1, 0.15) is 68.3 Å². The second kappa shape index (κ2) is 31.3. The molecule has 0 fully saturated rings. The summed E-state index contributed by atoms with van der Waals surface area (Å²) in [5.74, 6) is -1.61. The van der Waals surface area contributed by atoms with Crippen LogP contribution in [0.4, 0.5) is 0 Å². The number of phenolic OH excluding ortho intramolecular Hbond substituents is 3. The average molecular weight is 795 g/mol. The number of phenols is 3. The van der Waals surface area contributed by atoms with Crippen molar-refractivity contribution in [2.45, 2.75) is 45.4 Å². The summed E-state index contributed by atoms with van der Waals surface area (Å²) < 4.78 is 23.8. The van der Waals surface area contributed by atoms with Crippen molar-refractivity contribution in [3.8, 4) is 23.0 Å². The zero-order valence-electron chi connectivity index (χ0n) is 31.4. The lowest BCUT2D eigenvalue weighted by Gasteiger charge is -2.07. The van der Waals surface area contributed by atoms with Crippen molar-refractivity contribution in [2.75, 3.05) is 26.4 Å². The van der Waals surface area contributed by atoms with E-state index in [1.54, 1.807) is 19.1 Å². The number of benzene rings is 3. The van der Waals surface area contributed by atoms with E-state index in [1.807, 2.05) is 0 Å². The molecule has 0 aromatic heterocycles. The summed E-state index contributed by atoms with van der Waals surface area (Å²) in [7, 11) is 0. The van der Waals surface area contributed by atoms with Crippen LogP contribution in [0, 0.1) is 6.92 Å². The molecule has 0 saturated heterocycles. The van der Waals surface area contributed by atoms with Crippen LogP contribution in [0.2, 0.25) is 0 Å². The third-order valence-electron chi connectivity index (χ3n) is 6.41. The molecule has 306 valence electrons. The van der Waals surface area contributed by atoms with E-state index in [-0.39, 0.29) is 56.5 Å². The van der Waals surface area contributed by atoms with E-state index in [9.17, 15) is 43.5 Å². The monoisotopic (exact) mass is 794 g/mol. The maximum absolute atomic E-state index is 11.8. The van der Waals surface area contributed by atoms with Crippen molar-refractivity contribution >= 4 is 48.7 Å². The number of hydrogen-bond acceptors (Lipinski definition) is 16. The van der Waals surface area contributed by atoms with Crippen LogP contribution < -0.4 is 4.74 Å². The summed E-state index contributed by atoms with van der Waals surface area (Å²) >= 11 is 0. The largest absolute Gasteiger partial charge is 0.508 e. The SMILES string of the molecule is C=CC(=O)OCCOC(=O)CCCC=O.C=CC(=O)OCCOC(=O)CCCC=O.Cc1cc(O)ccc1OC(=O)c1ccc(O)cc1.O=Cc1ccc(O)cc1. The van der Waals surface area contributed by atoms with Crippen LogP contribution >= 0.6 is 0 Å². The summed E-state index contributed by atoms with van der Waals surface area (Å²) in [5.41, 5.74) is 1.59. The van der Waals surface area contributed by atoms with Gasteiger partial charge in [-0.2, -0.15) is 0 Å². The Bertz CT molecular complexity index is 1680. The van der Waals surface area contributed by atoms with Gasteiger partial charge in [0, 0.05) is 43.4 Å². The van der Waals surface area contributed by atoms with Crippen LogP contribution in [0.3, 0.4) is 0 Å². The van der Waals surface area contributed by atoms with E-state index in [2.05, 4.69) is 22.6 Å². The number of aryl methyl sites for hydroxylation is 1. The molecule has 3 aromatic carbocycles. The average Bonchev–Trinajstić information content (AvgIpc) is 3.20. The third-order valence-corrected chi connectivity index (χ3v) is 6.41.